The molecular weight excluding hydrogens is 498 g/mol. The quantitative estimate of drug-likeness (QED) is 0.441. The Morgan fingerprint density at radius 2 is 1.97 bits per heavy atom. The maximum absolute atomic E-state index is 13.5. The summed E-state index contributed by atoms with van der Waals surface area (Å²) in [5, 5.41) is 0. The molecule has 0 bridgehead atoms. The lowest BCUT2D eigenvalue weighted by Crippen LogP contribution is -2.58. The molecule has 2 aliphatic rings. The second-order valence-electron chi connectivity index (χ2n) is 8.71. The van der Waals surface area contributed by atoms with Crippen LogP contribution in [-0.2, 0) is 30.7 Å². The summed E-state index contributed by atoms with van der Waals surface area (Å²) in [6, 6.07) is 7.50. The van der Waals surface area contributed by atoms with Gasteiger partial charge in [-0.1, -0.05) is 12.1 Å². The van der Waals surface area contributed by atoms with Crippen LogP contribution in [0.3, 0.4) is 0 Å². The fraction of sp³-hybridized carbons (Fsp3) is 0.320. The summed E-state index contributed by atoms with van der Waals surface area (Å²) in [6.07, 6.45) is 5.73. The van der Waals surface area contributed by atoms with Crippen molar-refractivity contribution in [3.63, 3.8) is 0 Å². The van der Waals surface area contributed by atoms with Gasteiger partial charge in [-0.3, -0.25) is 9.78 Å². The molecule has 1 amide bonds. The highest BCUT2D eigenvalue weighted by molar-refractivity contribution is 7.90. The number of pyridine rings is 1. The molecule has 37 heavy (non-hydrogen) atoms. The Labute approximate surface area is 214 Å². The Morgan fingerprint density at radius 3 is 2.70 bits per heavy atom. The standard InChI is InChI=1S/C25H25N5O6S/c1-3-36-25(32)18-10-17(11-26-12-18)22-27-13-20-23(28-22)29-8-9-35-15-21(29)24(31)30(20)14-16-4-6-19(7-5-16)37(2,33)34/h4-7,10-13,21H,3,8-9,14-15H2,1-2H3. The van der Waals surface area contributed by atoms with Gasteiger partial charge in [-0.05, 0) is 30.7 Å². The molecule has 12 heteroatoms. The van der Waals surface area contributed by atoms with Gasteiger partial charge < -0.3 is 19.3 Å². The summed E-state index contributed by atoms with van der Waals surface area (Å²) >= 11 is 0. The molecule has 11 nitrogen and oxygen atoms in total. The highest BCUT2D eigenvalue weighted by Crippen LogP contribution is 2.37. The predicted octanol–water partition coefficient (Wildman–Crippen LogP) is 1.87. The Balaban J connectivity index is 1.52. The van der Waals surface area contributed by atoms with Gasteiger partial charge in [0.15, 0.2) is 21.5 Å². The first-order valence-corrected chi connectivity index (χ1v) is 13.6. The van der Waals surface area contributed by atoms with Crippen LogP contribution in [0.25, 0.3) is 11.4 Å². The van der Waals surface area contributed by atoms with Crippen LogP contribution in [0.15, 0.2) is 53.8 Å². The van der Waals surface area contributed by atoms with E-state index in [2.05, 4.69) is 9.97 Å². The van der Waals surface area contributed by atoms with Gasteiger partial charge in [0, 0.05) is 30.8 Å². The van der Waals surface area contributed by atoms with E-state index < -0.39 is 21.8 Å². The second kappa shape index (κ2) is 9.87. The number of aromatic nitrogens is 3. The van der Waals surface area contributed by atoms with E-state index in [0.717, 1.165) is 11.8 Å². The van der Waals surface area contributed by atoms with Crippen LogP contribution in [0.5, 0.6) is 0 Å². The van der Waals surface area contributed by atoms with Gasteiger partial charge >= 0.3 is 5.97 Å². The minimum Gasteiger partial charge on any atom is -0.462 e. The van der Waals surface area contributed by atoms with Gasteiger partial charge in [-0.2, -0.15) is 0 Å². The number of rotatable bonds is 6. The number of esters is 1. The van der Waals surface area contributed by atoms with Gasteiger partial charge in [0.05, 0.1) is 43.0 Å². The summed E-state index contributed by atoms with van der Waals surface area (Å²) < 4.78 is 34.3. The van der Waals surface area contributed by atoms with Gasteiger partial charge in [-0.25, -0.2) is 23.2 Å². The van der Waals surface area contributed by atoms with Crippen molar-refractivity contribution in [2.24, 2.45) is 0 Å². The Bertz CT molecular complexity index is 1460. The van der Waals surface area contributed by atoms with Crippen molar-refractivity contribution in [3.05, 3.63) is 60.0 Å². The average Bonchev–Trinajstić information content (AvgIpc) is 2.91. The summed E-state index contributed by atoms with van der Waals surface area (Å²) in [4.78, 5) is 42.8. The lowest BCUT2D eigenvalue weighted by atomic mass is 10.1. The average molecular weight is 524 g/mol. The fourth-order valence-electron chi connectivity index (χ4n) is 4.34. The molecule has 2 aliphatic heterocycles. The third-order valence-electron chi connectivity index (χ3n) is 6.19. The second-order valence-corrected chi connectivity index (χ2v) is 10.7. The molecule has 3 aromatic rings. The van der Waals surface area contributed by atoms with E-state index in [1.165, 1.54) is 18.3 Å². The molecular formula is C25H25N5O6S. The largest absolute Gasteiger partial charge is 0.462 e. The Hall–Kier alpha value is -3.90. The van der Waals surface area contributed by atoms with E-state index in [0.29, 0.717) is 41.6 Å². The number of hydrogen-bond acceptors (Lipinski definition) is 10. The van der Waals surface area contributed by atoms with Crippen LogP contribution >= 0.6 is 0 Å². The van der Waals surface area contributed by atoms with Gasteiger partial charge in [0.25, 0.3) is 5.91 Å². The zero-order chi connectivity index (χ0) is 26.2. The van der Waals surface area contributed by atoms with Gasteiger partial charge in [-0.15, -0.1) is 0 Å². The molecule has 192 valence electrons. The minimum atomic E-state index is -3.33. The van der Waals surface area contributed by atoms with Crippen molar-refractivity contribution < 1.29 is 27.5 Å². The van der Waals surface area contributed by atoms with Crippen molar-refractivity contribution in [1.82, 2.24) is 15.0 Å². The molecule has 5 rings (SSSR count). The smallest absolute Gasteiger partial charge is 0.339 e. The number of amides is 1. The van der Waals surface area contributed by atoms with E-state index >= 15 is 0 Å². The minimum absolute atomic E-state index is 0.151. The molecule has 1 atom stereocenters. The number of ether oxygens (including phenoxy) is 2. The summed E-state index contributed by atoms with van der Waals surface area (Å²) in [5.41, 5.74) is 2.12. The molecule has 0 radical (unpaired) electrons. The first kappa shape index (κ1) is 24.8. The molecule has 1 saturated heterocycles. The van der Waals surface area contributed by atoms with E-state index in [-0.39, 0.29) is 30.6 Å². The molecule has 0 saturated carbocycles. The van der Waals surface area contributed by atoms with Crippen LogP contribution in [0.1, 0.15) is 22.8 Å². The number of benzene rings is 1. The number of morpholine rings is 1. The molecule has 1 aromatic carbocycles. The topological polar surface area (TPSA) is 132 Å². The third kappa shape index (κ3) is 4.89. The van der Waals surface area contributed by atoms with Crippen LogP contribution in [0.2, 0.25) is 0 Å². The number of nitrogens with zero attached hydrogens (tertiary/aromatic N) is 5. The van der Waals surface area contributed by atoms with E-state index in [1.807, 2.05) is 4.90 Å². The molecule has 0 aliphatic carbocycles. The monoisotopic (exact) mass is 523 g/mol. The molecule has 0 spiro atoms. The number of sulfone groups is 1. The van der Waals surface area contributed by atoms with Crippen molar-refractivity contribution in [3.8, 4) is 11.4 Å². The van der Waals surface area contributed by atoms with Crippen LogP contribution in [0.4, 0.5) is 11.5 Å². The molecule has 2 aromatic heterocycles. The zero-order valence-electron chi connectivity index (χ0n) is 20.3. The molecule has 1 unspecified atom stereocenters. The van der Waals surface area contributed by atoms with Crippen molar-refractivity contribution >= 4 is 33.2 Å². The first-order chi connectivity index (χ1) is 17.8. The van der Waals surface area contributed by atoms with E-state index in [1.54, 1.807) is 42.4 Å². The SMILES string of the molecule is CCOC(=O)c1cncc(-c2ncc3c(n2)N2CCOCC2C(=O)N3Cc2ccc(S(C)(=O)=O)cc2)c1. The normalized spacial score (nSPS) is 17.2. The highest BCUT2D eigenvalue weighted by atomic mass is 32.2. The molecule has 0 N–H and O–H groups in total. The predicted molar refractivity (Wildman–Crippen MR) is 134 cm³/mol. The van der Waals surface area contributed by atoms with Crippen LogP contribution in [-0.4, -0.2) is 73.9 Å². The number of hydrogen-bond donors (Lipinski definition) is 0. The lowest BCUT2D eigenvalue weighted by Gasteiger charge is -2.43. The van der Waals surface area contributed by atoms with Crippen molar-refractivity contribution in [1.29, 1.82) is 0 Å². The van der Waals surface area contributed by atoms with E-state index in [4.69, 9.17) is 14.5 Å². The lowest BCUT2D eigenvalue weighted by molar-refractivity contribution is -0.122. The number of carbonyl (C=O) groups is 2. The summed E-state index contributed by atoms with van der Waals surface area (Å²) in [5.74, 6) is 0.296. The van der Waals surface area contributed by atoms with Crippen LogP contribution in [0, 0.1) is 0 Å². The molecule has 1 fully saturated rings. The zero-order valence-corrected chi connectivity index (χ0v) is 21.1. The third-order valence-corrected chi connectivity index (χ3v) is 7.32. The fourth-order valence-corrected chi connectivity index (χ4v) is 4.97. The number of carbonyl (C=O) groups excluding carboxylic acids is 2. The maximum atomic E-state index is 13.5. The number of anilines is 2. The molecule has 4 heterocycles. The van der Waals surface area contributed by atoms with E-state index in [9.17, 15) is 18.0 Å². The van der Waals surface area contributed by atoms with Gasteiger partial charge in [0.2, 0.25) is 0 Å². The van der Waals surface area contributed by atoms with Crippen LogP contribution < -0.4 is 9.80 Å². The highest BCUT2D eigenvalue weighted by Gasteiger charge is 2.41. The first-order valence-electron chi connectivity index (χ1n) is 11.7. The van der Waals surface area contributed by atoms with Crippen molar-refractivity contribution in [2.45, 2.75) is 24.4 Å². The maximum Gasteiger partial charge on any atom is 0.339 e. The van der Waals surface area contributed by atoms with Gasteiger partial charge in [0.1, 0.15) is 11.7 Å². The summed E-state index contributed by atoms with van der Waals surface area (Å²) in [7, 11) is -3.33. The summed E-state index contributed by atoms with van der Waals surface area (Å²) in [6.45, 7) is 3.35. The number of fused-ring (bicyclic) bond motifs is 3. The Morgan fingerprint density at radius 1 is 1.19 bits per heavy atom. The Kier molecular flexibility index (Phi) is 6.61. The van der Waals surface area contributed by atoms with Crippen molar-refractivity contribution in [2.75, 3.05) is 42.4 Å².